The van der Waals surface area contributed by atoms with Gasteiger partial charge in [-0.2, -0.15) is 0 Å². The molecule has 2 amide bonds. The lowest BCUT2D eigenvalue weighted by Crippen LogP contribution is -2.47. The summed E-state index contributed by atoms with van der Waals surface area (Å²) < 4.78 is 13.5. The summed E-state index contributed by atoms with van der Waals surface area (Å²) in [6.07, 6.45) is 15.4. The van der Waals surface area contributed by atoms with Crippen molar-refractivity contribution in [3.8, 4) is 17.2 Å². The van der Waals surface area contributed by atoms with Gasteiger partial charge in [0.15, 0.2) is 0 Å². The molecule has 230 valence electrons. The summed E-state index contributed by atoms with van der Waals surface area (Å²) in [6.45, 7) is 2.31. The summed E-state index contributed by atoms with van der Waals surface area (Å²) in [5.41, 5.74) is 3.54. The van der Waals surface area contributed by atoms with Crippen LogP contribution in [0.2, 0.25) is 0 Å². The minimum Gasteiger partial charge on any atom is -0.497 e. The largest absolute Gasteiger partial charge is 0.497 e. The van der Waals surface area contributed by atoms with Gasteiger partial charge in [-0.3, -0.25) is 14.5 Å². The molecule has 1 aliphatic heterocycles. The van der Waals surface area contributed by atoms with Gasteiger partial charge >= 0.3 is 0 Å². The van der Waals surface area contributed by atoms with Crippen LogP contribution < -0.4 is 14.4 Å². The van der Waals surface area contributed by atoms with Gasteiger partial charge in [-0.1, -0.05) is 70.4 Å². The van der Waals surface area contributed by atoms with Crippen molar-refractivity contribution in [2.24, 2.45) is 0 Å². The quantitative estimate of drug-likeness (QED) is 0.161. The number of fused-ring (bicyclic) bond motifs is 3. The van der Waals surface area contributed by atoms with E-state index in [-0.39, 0.29) is 24.4 Å². The molecule has 2 aromatic carbocycles. The molecule has 1 saturated carbocycles. The zero-order valence-electron chi connectivity index (χ0n) is 26.1. The number of unbranched alkanes of at least 4 members (excludes halogenated alkanes) is 8. The van der Waals surface area contributed by atoms with E-state index in [1.807, 2.05) is 70.6 Å². The number of amides is 2. The second kappa shape index (κ2) is 14.6. The van der Waals surface area contributed by atoms with Gasteiger partial charge in [-0.25, -0.2) is 0 Å². The zero-order chi connectivity index (χ0) is 30.2. The molecule has 3 aromatic rings. The maximum Gasteiger partial charge on any atom is 0.247 e. The van der Waals surface area contributed by atoms with Crippen LogP contribution in [0.15, 0.2) is 60.8 Å². The number of carbonyl (C=O) groups is 2. The van der Waals surface area contributed by atoms with E-state index in [1.165, 1.54) is 44.9 Å². The van der Waals surface area contributed by atoms with Crippen LogP contribution >= 0.6 is 0 Å². The monoisotopic (exact) mass is 585 g/mol. The van der Waals surface area contributed by atoms with Gasteiger partial charge in [0, 0.05) is 24.2 Å². The Morgan fingerprint density at radius 1 is 0.837 bits per heavy atom. The Hall–Kier alpha value is -3.74. The number of methoxy groups -OCH3 is 2. The Kier molecular flexibility index (Phi) is 10.4. The van der Waals surface area contributed by atoms with Crippen molar-refractivity contribution < 1.29 is 19.1 Å². The lowest BCUT2D eigenvalue weighted by atomic mass is 9.96. The summed E-state index contributed by atoms with van der Waals surface area (Å²) in [5, 5.41) is 0. The first-order valence-electron chi connectivity index (χ1n) is 16.2. The molecule has 0 bridgehead atoms. The van der Waals surface area contributed by atoms with E-state index in [4.69, 9.17) is 9.47 Å². The molecule has 7 heteroatoms. The molecule has 0 N–H and O–H groups in total. The Morgan fingerprint density at radius 2 is 1.53 bits per heavy atom. The lowest BCUT2D eigenvalue weighted by Gasteiger charge is -2.40. The highest BCUT2D eigenvalue weighted by Crippen LogP contribution is 2.45. The predicted molar refractivity (Wildman–Crippen MR) is 171 cm³/mol. The zero-order valence-corrected chi connectivity index (χ0v) is 26.1. The van der Waals surface area contributed by atoms with Crippen molar-refractivity contribution in [1.29, 1.82) is 0 Å². The molecule has 2 aliphatic rings. The molecule has 1 fully saturated rings. The van der Waals surface area contributed by atoms with E-state index in [0.29, 0.717) is 17.9 Å². The molecular weight excluding hydrogens is 538 g/mol. The van der Waals surface area contributed by atoms with E-state index in [1.54, 1.807) is 14.2 Å². The molecule has 1 atom stereocenters. The SMILES string of the molecule is CCCCCCCCCCCC(=O)N(CC(=O)N1c2ccccc2-n2cccc2C1c1cc(OC)ccc1OC)C1CC1. The number of rotatable bonds is 16. The number of aromatic nitrogens is 1. The molecular formula is C36H47N3O4. The van der Waals surface area contributed by atoms with Crippen molar-refractivity contribution in [2.45, 2.75) is 96.1 Å². The number of ether oxygens (including phenoxy) is 2. The summed E-state index contributed by atoms with van der Waals surface area (Å²) in [6, 6.07) is 17.4. The first-order valence-corrected chi connectivity index (χ1v) is 16.2. The Bertz CT molecular complexity index is 1380. The summed E-state index contributed by atoms with van der Waals surface area (Å²) >= 11 is 0. The number of carbonyl (C=O) groups excluding carboxylic acids is 2. The maximum absolute atomic E-state index is 14.5. The maximum atomic E-state index is 14.5. The van der Waals surface area contributed by atoms with Crippen LogP contribution in [0.1, 0.15) is 101 Å². The van der Waals surface area contributed by atoms with Crippen LogP contribution in [0.4, 0.5) is 5.69 Å². The standard InChI is InChI=1S/C36H47N3O4/c1-4-5-6-7-8-9-10-11-12-19-34(40)38(27-20-21-27)26-35(41)39-31-17-14-13-16-30(31)37-24-15-18-32(37)36(39)29-25-28(42-2)22-23-33(29)43-3/h13-18,22-25,27,36H,4-12,19-21,26H2,1-3H3. The Morgan fingerprint density at radius 3 is 2.21 bits per heavy atom. The fourth-order valence-corrected chi connectivity index (χ4v) is 6.37. The van der Waals surface area contributed by atoms with Crippen LogP contribution in [0, 0.1) is 0 Å². The van der Waals surface area contributed by atoms with Gasteiger partial charge in [0.25, 0.3) is 0 Å². The summed E-state index contributed by atoms with van der Waals surface area (Å²) in [4.78, 5) is 31.7. The topological polar surface area (TPSA) is 64.0 Å². The van der Waals surface area contributed by atoms with Crippen LogP contribution in [-0.4, -0.2) is 48.1 Å². The van der Waals surface area contributed by atoms with E-state index in [0.717, 1.165) is 48.3 Å². The van der Waals surface area contributed by atoms with Gasteiger partial charge in [-0.05, 0) is 61.7 Å². The lowest BCUT2D eigenvalue weighted by molar-refractivity contribution is -0.136. The number of hydrogen-bond donors (Lipinski definition) is 0. The van der Waals surface area contributed by atoms with E-state index < -0.39 is 6.04 Å². The molecule has 0 spiro atoms. The van der Waals surface area contributed by atoms with E-state index >= 15 is 0 Å². The number of para-hydroxylation sites is 2. The fraction of sp³-hybridized carbons (Fsp3) is 0.500. The number of hydrogen-bond acceptors (Lipinski definition) is 4. The van der Waals surface area contributed by atoms with Crippen LogP contribution in [0.5, 0.6) is 11.5 Å². The van der Waals surface area contributed by atoms with Crippen molar-refractivity contribution in [3.63, 3.8) is 0 Å². The van der Waals surface area contributed by atoms with Crippen LogP contribution in [0.25, 0.3) is 5.69 Å². The minimum absolute atomic E-state index is 0.0682. The highest BCUT2D eigenvalue weighted by atomic mass is 16.5. The normalized spacial score (nSPS) is 15.5. The Balaban J connectivity index is 1.35. The van der Waals surface area contributed by atoms with Gasteiger partial charge in [0.2, 0.25) is 11.8 Å². The minimum atomic E-state index is -0.448. The first kappa shape index (κ1) is 30.7. The molecule has 1 aromatic heterocycles. The highest BCUT2D eigenvalue weighted by Gasteiger charge is 2.40. The molecule has 1 aliphatic carbocycles. The summed E-state index contributed by atoms with van der Waals surface area (Å²) in [5.74, 6) is 1.37. The van der Waals surface area contributed by atoms with Crippen molar-refractivity contribution >= 4 is 17.5 Å². The summed E-state index contributed by atoms with van der Waals surface area (Å²) in [7, 11) is 3.29. The molecule has 5 rings (SSSR count). The Labute approximate surface area is 256 Å². The second-order valence-electron chi connectivity index (χ2n) is 11.9. The van der Waals surface area contributed by atoms with Crippen molar-refractivity contribution in [3.05, 3.63) is 72.1 Å². The number of nitrogens with zero attached hydrogens (tertiary/aromatic N) is 3. The van der Waals surface area contributed by atoms with Crippen molar-refractivity contribution in [1.82, 2.24) is 9.47 Å². The van der Waals surface area contributed by atoms with Gasteiger partial charge in [0.05, 0.1) is 31.3 Å². The number of anilines is 1. The first-order chi connectivity index (χ1) is 21.1. The molecule has 0 radical (unpaired) electrons. The highest BCUT2D eigenvalue weighted by molar-refractivity contribution is 6.00. The third kappa shape index (κ3) is 7.09. The molecule has 0 saturated heterocycles. The van der Waals surface area contributed by atoms with E-state index in [2.05, 4.69) is 11.5 Å². The average Bonchev–Trinajstić information content (AvgIpc) is 3.76. The van der Waals surface area contributed by atoms with Crippen molar-refractivity contribution in [2.75, 3.05) is 25.7 Å². The van der Waals surface area contributed by atoms with Gasteiger partial charge in [0.1, 0.15) is 24.1 Å². The molecule has 2 heterocycles. The van der Waals surface area contributed by atoms with Gasteiger partial charge in [-0.15, -0.1) is 0 Å². The second-order valence-corrected chi connectivity index (χ2v) is 11.9. The van der Waals surface area contributed by atoms with Crippen LogP contribution in [0.3, 0.4) is 0 Å². The fourth-order valence-electron chi connectivity index (χ4n) is 6.37. The third-order valence-electron chi connectivity index (χ3n) is 8.83. The van der Waals surface area contributed by atoms with E-state index in [9.17, 15) is 9.59 Å². The van der Waals surface area contributed by atoms with Crippen LogP contribution in [-0.2, 0) is 9.59 Å². The third-order valence-corrected chi connectivity index (χ3v) is 8.83. The predicted octanol–water partition coefficient (Wildman–Crippen LogP) is 7.84. The number of benzene rings is 2. The van der Waals surface area contributed by atoms with Gasteiger partial charge < -0.3 is 18.9 Å². The molecule has 7 nitrogen and oxygen atoms in total. The molecule has 43 heavy (non-hydrogen) atoms. The molecule has 1 unspecified atom stereocenters. The smallest absolute Gasteiger partial charge is 0.247 e. The average molecular weight is 586 g/mol.